The number of aromatic nitrogens is 2. The summed E-state index contributed by atoms with van der Waals surface area (Å²) < 4.78 is 2.00. The summed E-state index contributed by atoms with van der Waals surface area (Å²) in [5.74, 6) is 0.507. The van der Waals surface area contributed by atoms with Crippen LogP contribution in [0, 0.1) is 0 Å². The van der Waals surface area contributed by atoms with Crippen molar-refractivity contribution in [1.29, 1.82) is 0 Å². The SMILES string of the molecule is CCn1cnc(CCl)c1.Cl. The van der Waals surface area contributed by atoms with Gasteiger partial charge in [0.05, 0.1) is 17.9 Å². The van der Waals surface area contributed by atoms with Crippen LogP contribution in [0.2, 0.25) is 0 Å². The Labute approximate surface area is 71.6 Å². The third kappa shape index (κ3) is 2.20. The molecule has 1 rings (SSSR count). The van der Waals surface area contributed by atoms with Gasteiger partial charge in [-0.15, -0.1) is 24.0 Å². The number of halogens is 2. The van der Waals surface area contributed by atoms with E-state index in [4.69, 9.17) is 11.6 Å². The van der Waals surface area contributed by atoms with Gasteiger partial charge in [-0.25, -0.2) is 4.98 Å². The molecule has 0 radical (unpaired) electrons. The minimum Gasteiger partial charge on any atom is -0.337 e. The van der Waals surface area contributed by atoms with E-state index in [0.717, 1.165) is 12.2 Å². The summed E-state index contributed by atoms with van der Waals surface area (Å²) in [6.45, 7) is 3.03. The van der Waals surface area contributed by atoms with Crippen molar-refractivity contribution in [2.24, 2.45) is 0 Å². The van der Waals surface area contributed by atoms with E-state index in [9.17, 15) is 0 Å². The minimum atomic E-state index is 0. The van der Waals surface area contributed by atoms with Crippen molar-refractivity contribution in [3.8, 4) is 0 Å². The second kappa shape index (κ2) is 4.58. The van der Waals surface area contributed by atoms with Crippen molar-refractivity contribution in [2.75, 3.05) is 0 Å². The third-order valence-corrected chi connectivity index (χ3v) is 1.46. The van der Waals surface area contributed by atoms with E-state index in [1.54, 1.807) is 6.33 Å². The summed E-state index contributed by atoms with van der Waals surface area (Å²) in [5, 5.41) is 0. The molecule has 10 heavy (non-hydrogen) atoms. The lowest BCUT2D eigenvalue weighted by Crippen LogP contribution is -1.86. The highest BCUT2D eigenvalue weighted by Crippen LogP contribution is 1.98. The van der Waals surface area contributed by atoms with Gasteiger partial charge in [-0.1, -0.05) is 0 Å². The molecule has 58 valence electrons. The Kier molecular flexibility index (Phi) is 4.49. The van der Waals surface area contributed by atoms with E-state index in [1.165, 1.54) is 0 Å². The zero-order valence-electron chi connectivity index (χ0n) is 5.75. The van der Waals surface area contributed by atoms with Crippen LogP contribution in [0.3, 0.4) is 0 Å². The average molecular weight is 181 g/mol. The number of alkyl halides is 1. The summed E-state index contributed by atoms with van der Waals surface area (Å²) in [4.78, 5) is 4.04. The maximum Gasteiger partial charge on any atom is 0.0949 e. The van der Waals surface area contributed by atoms with Gasteiger partial charge >= 0.3 is 0 Å². The van der Waals surface area contributed by atoms with Gasteiger partial charge in [-0.05, 0) is 6.92 Å². The molecular formula is C6H10Cl2N2. The maximum absolute atomic E-state index is 5.52. The second-order valence-electron chi connectivity index (χ2n) is 1.83. The smallest absolute Gasteiger partial charge is 0.0949 e. The molecule has 1 heterocycles. The van der Waals surface area contributed by atoms with E-state index < -0.39 is 0 Å². The number of aryl methyl sites for hydroxylation is 1. The molecule has 0 amide bonds. The lowest BCUT2D eigenvalue weighted by Gasteiger charge is -1.89. The zero-order valence-corrected chi connectivity index (χ0v) is 7.32. The third-order valence-electron chi connectivity index (χ3n) is 1.19. The first-order chi connectivity index (χ1) is 4.36. The Morgan fingerprint density at radius 2 is 2.40 bits per heavy atom. The molecular weight excluding hydrogens is 171 g/mol. The molecule has 0 bridgehead atoms. The van der Waals surface area contributed by atoms with Crippen LogP contribution in [-0.4, -0.2) is 9.55 Å². The van der Waals surface area contributed by atoms with E-state index in [2.05, 4.69) is 11.9 Å². The zero-order chi connectivity index (χ0) is 6.69. The topological polar surface area (TPSA) is 17.8 Å². The largest absolute Gasteiger partial charge is 0.337 e. The van der Waals surface area contributed by atoms with Crippen molar-refractivity contribution < 1.29 is 0 Å². The molecule has 0 aliphatic carbocycles. The van der Waals surface area contributed by atoms with Gasteiger partial charge in [0.1, 0.15) is 0 Å². The predicted octanol–water partition coefficient (Wildman–Crippen LogP) is 2.06. The maximum atomic E-state index is 5.52. The van der Waals surface area contributed by atoms with Crippen molar-refractivity contribution in [3.63, 3.8) is 0 Å². The average Bonchev–Trinajstić information content (AvgIpc) is 2.34. The molecule has 0 aliphatic heterocycles. The number of nitrogens with zero attached hydrogens (tertiary/aromatic N) is 2. The van der Waals surface area contributed by atoms with Gasteiger partial charge in [0, 0.05) is 12.7 Å². The Balaban J connectivity index is 0.000000810. The molecule has 1 aromatic rings. The number of imidazole rings is 1. The summed E-state index contributed by atoms with van der Waals surface area (Å²) in [7, 11) is 0. The molecule has 1 aromatic heterocycles. The van der Waals surface area contributed by atoms with Crippen molar-refractivity contribution >= 4 is 24.0 Å². The van der Waals surface area contributed by atoms with Crippen molar-refractivity contribution in [1.82, 2.24) is 9.55 Å². The molecule has 4 heteroatoms. The van der Waals surface area contributed by atoms with Crippen LogP contribution < -0.4 is 0 Å². The van der Waals surface area contributed by atoms with Gasteiger partial charge < -0.3 is 4.57 Å². The Morgan fingerprint density at radius 1 is 1.70 bits per heavy atom. The molecule has 0 unspecified atom stereocenters. The normalized spacial score (nSPS) is 9.00. The van der Waals surface area contributed by atoms with Crippen LogP contribution in [0.25, 0.3) is 0 Å². The summed E-state index contributed by atoms with van der Waals surface area (Å²) >= 11 is 5.52. The van der Waals surface area contributed by atoms with Gasteiger partial charge in [-0.2, -0.15) is 0 Å². The summed E-state index contributed by atoms with van der Waals surface area (Å²) in [6, 6.07) is 0. The lowest BCUT2D eigenvalue weighted by molar-refractivity contribution is 0.761. The fraction of sp³-hybridized carbons (Fsp3) is 0.500. The Bertz CT molecular complexity index is 167. The van der Waals surface area contributed by atoms with Gasteiger partial charge in [0.15, 0.2) is 0 Å². The highest BCUT2D eigenvalue weighted by Gasteiger charge is 1.92. The molecule has 2 nitrogen and oxygen atoms in total. The first-order valence-electron chi connectivity index (χ1n) is 2.93. The van der Waals surface area contributed by atoms with Crippen LogP contribution in [-0.2, 0) is 12.4 Å². The van der Waals surface area contributed by atoms with Gasteiger partial charge in [0.2, 0.25) is 0 Å². The van der Waals surface area contributed by atoms with E-state index in [-0.39, 0.29) is 12.4 Å². The van der Waals surface area contributed by atoms with Crippen LogP contribution >= 0.6 is 24.0 Å². The summed E-state index contributed by atoms with van der Waals surface area (Å²) in [6.07, 6.45) is 3.74. The molecule has 0 saturated carbocycles. The fourth-order valence-corrected chi connectivity index (χ4v) is 0.786. The standard InChI is InChI=1S/C6H9ClN2.ClH/c1-2-9-4-6(3-7)8-5-9;/h4-5H,2-3H2,1H3;1H. The van der Waals surface area contributed by atoms with Crippen LogP contribution in [0.1, 0.15) is 12.6 Å². The highest BCUT2D eigenvalue weighted by atomic mass is 35.5. The van der Waals surface area contributed by atoms with Gasteiger partial charge in [-0.3, -0.25) is 0 Å². The van der Waals surface area contributed by atoms with Crippen molar-refractivity contribution in [2.45, 2.75) is 19.3 Å². The fourth-order valence-electron chi connectivity index (χ4n) is 0.648. The molecule has 0 aromatic carbocycles. The first kappa shape index (κ1) is 9.79. The van der Waals surface area contributed by atoms with Crippen LogP contribution in [0.15, 0.2) is 12.5 Å². The summed E-state index contributed by atoms with van der Waals surface area (Å²) in [5.41, 5.74) is 0.943. The molecule has 0 N–H and O–H groups in total. The lowest BCUT2D eigenvalue weighted by atomic mass is 10.5. The molecule has 0 spiro atoms. The number of hydrogen-bond donors (Lipinski definition) is 0. The van der Waals surface area contributed by atoms with E-state index in [0.29, 0.717) is 5.88 Å². The molecule has 0 saturated heterocycles. The van der Waals surface area contributed by atoms with Crippen LogP contribution in [0.4, 0.5) is 0 Å². The van der Waals surface area contributed by atoms with Gasteiger partial charge in [0.25, 0.3) is 0 Å². The highest BCUT2D eigenvalue weighted by molar-refractivity contribution is 6.16. The minimum absolute atomic E-state index is 0. The molecule has 0 aliphatic rings. The number of rotatable bonds is 2. The Hall–Kier alpha value is -0.210. The predicted molar refractivity (Wildman–Crippen MR) is 44.7 cm³/mol. The number of hydrogen-bond acceptors (Lipinski definition) is 1. The van der Waals surface area contributed by atoms with E-state index >= 15 is 0 Å². The molecule has 0 fully saturated rings. The second-order valence-corrected chi connectivity index (χ2v) is 2.10. The Morgan fingerprint density at radius 3 is 2.70 bits per heavy atom. The van der Waals surface area contributed by atoms with Crippen LogP contribution in [0.5, 0.6) is 0 Å². The monoisotopic (exact) mass is 180 g/mol. The quantitative estimate of drug-likeness (QED) is 0.638. The molecule has 0 atom stereocenters. The van der Waals surface area contributed by atoms with E-state index in [1.807, 2.05) is 10.8 Å². The first-order valence-corrected chi connectivity index (χ1v) is 3.47. The van der Waals surface area contributed by atoms with Crippen molar-refractivity contribution in [3.05, 3.63) is 18.2 Å².